The molecule has 76 valence electrons. The van der Waals surface area contributed by atoms with Crippen LogP contribution in [0.15, 0.2) is 12.1 Å². The highest BCUT2D eigenvalue weighted by Crippen LogP contribution is 2.15. The summed E-state index contributed by atoms with van der Waals surface area (Å²) in [4.78, 5) is 14.9. The summed E-state index contributed by atoms with van der Waals surface area (Å²) in [5, 5.41) is 2.84. The number of aryl methyl sites for hydroxylation is 1. The lowest BCUT2D eigenvalue weighted by Crippen LogP contribution is -2.33. The van der Waals surface area contributed by atoms with Gasteiger partial charge in [0.15, 0.2) is 0 Å². The van der Waals surface area contributed by atoms with Crippen molar-refractivity contribution in [2.75, 3.05) is 11.1 Å². The van der Waals surface area contributed by atoms with Gasteiger partial charge < -0.3 is 16.8 Å². The average molecular weight is 194 g/mol. The van der Waals surface area contributed by atoms with E-state index in [9.17, 15) is 4.79 Å². The van der Waals surface area contributed by atoms with Crippen molar-refractivity contribution in [2.45, 2.75) is 19.9 Å². The number of nitrogen functional groups attached to an aromatic ring is 1. The van der Waals surface area contributed by atoms with Gasteiger partial charge in [-0.15, -0.1) is 0 Å². The van der Waals surface area contributed by atoms with Gasteiger partial charge in [0, 0.05) is 5.69 Å². The van der Waals surface area contributed by atoms with Crippen molar-refractivity contribution in [1.29, 1.82) is 0 Å². The van der Waals surface area contributed by atoms with Crippen molar-refractivity contribution in [3.05, 3.63) is 17.8 Å². The van der Waals surface area contributed by atoms with E-state index in [1.807, 2.05) is 6.92 Å². The molecule has 1 atom stereocenters. The maximum absolute atomic E-state index is 10.8. The van der Waals surface area contributed by atoms with E-state index >= 15 is 0 Å². The van der Waals surface area contributed by atoms with Gasteiger partial charge in [-0.3, -0.25) is 4.79 Å². The van der Waals surface area contributed by atoms with Crippen LogP contribution in [0.5, 0.6) is 0 Å². The Morgan fingerprint density at radius 3 is 2.79 bits per heavy atom. The fourth-order valence-electron chi connectivity index (χ4n) is 0.959. The van der Waals surface area contributed by atoms with Gasteiger partial charge in [0.05, 0.1) is 5.69 Å². The molecule has 0 fully saturated rings. The second-order valence-corrected chi connectivity index (χ2v) is 3.16. The Labute approximate surface area is 82.5 Å². The number of aromatic nitrogens is 1. The predicted molar refractivity (Wildman–Crippen MR) is 55.7 cm³/mol. The minimum Gasteiger partial charge on any atom is -0.396 e. The number of carbonyl (C=O) groups is 1. The van der Waals surface area contributed by atoms with E-state index < -0.39 is 11.9 Å². The van der Waals surface area contributed by atoms with Crippen molar-refractivity contribution >= 4 is 17.4 Å². The van der Waals surface area contributed by atoms with Crippen LogP contribution < -0.4 is 16.8 Å². The molecule has 1 aromatic heterocycles. The van der Waals surface area contributed by atoms with E-state index in [4.69, 9.17) is 11.5 Å². The molecular weight excluding hydrogens is 180 g/mol. The SMILES string of the molecule is Cc1ccc(N)c(NC(C)C(N)=O)n1. The molecule has 0 bridgehead atoms. The van der Waals surface area contributed by atoms with E-state index in [1.54, 1.807) is 19.1 Å². The van der Waals surface area contributed by atoms with Gasteiger partial charge in [0.2, 0.25) is 5.91 Å². The summed E-state index contributed by atoms with van der Waals surface area (Å²) in [6.07, 6.45) is 0. The van der Waals surface area contributed by atoms with Crippen molar-refractivity contribution in [2.24, 2.45) is 5.73 Å². The van der Waals surface area contributed by atoms with Gasteiger partial charge in [0.1, 0.15) is 11.9 Å². The Bertz CT molecular complexity index is 351. The second-order valence-electron chi connectivity index (χ2n) is 3.16. The van der Waals surface area contributed by atoms with Crippen molar-refractivity contribution in [1.82, 2.24) is 4.98 Å². The number of nitrogens with zero attached hydrogens (tertiary/aromatic N) is 1. The predicted octanol–water partition coefficient (Wildman–Crippen LogP) is 0.258. The first-order valence-corrected chi connectivity index (χ1v) is 4.29. The Morgan fingerprint density at radius 1 is 1.57 bits per heavy atom. The summed E-state index contributed by atoms with van der Waals surface area (Å²) in [7, 11) is 0. The summed E-state index contributed by atoms with van der Waals surface area (Å²) in [6.45, 7) is 3.51. The maximum atomic E-state index is 10.8. The molecule has 5 N–H and O–H groups in total. The van der Waals surface area contributed by atoms with Crippen molar-refractivity contribution in [3.8, 4) is 0 Å². The number of rotatable bonds is 3. The van der Waals surface area contributed by atoms with E-state index in [-0.39, 0.29) is 0 Å². The number of anilines is 2. The first-order valence-electron chi connectivity index (χ1n) is 4.29. The molecule has 0 aliphatic rings. The fourth-order valence-corrected chi connectivity index (χ4v) is 0.959. The fraction of sp³-hybridized carbons (Fsp3) is 0.333. The molecule has 0 saturated heterocycles. The quantitative estimate of drug-likeness (QED) is 0.643. The topological polar surface area (TPSA) is 94.0 Å². The minimum atomic E-state index is -0.480. The summed E-state index contributed by atoms with van der Waals surface area (Å²) in [5.74, 6) is 0.0593. The van der Waals surface area contributed by atoms with Crippen LogP contribution in [0.1, 0.15) is 12.6 Å². The highest BCUT2D eigenvalue weighted by atomic mass is 16.1. The normalized spacial score (nSPS) is 12.1. The second kappa shape index (κ2) is 3.95. The standard InChI is InChI=1S/C9H14N4O/c1-5-3-4-7(10)9(12-5)13-6(2)8(11)14/h3-4,6H,10H2,1-2H3,(H2,11,14)(H,12,13). The zero-order valence-electron chi connectivity index (χ0n) is 8.24. The van der Waals surface area contributed by atoms with Gasteiger partial charge in [-0.2, -0.15) is 0 Å². The maximum Gasteiger partial charge on any atom is 0.239 e. The third-order valence-corrected chi connectivity index (χ3v) is 1.85. The Kier molecular flexibility index (Phi) is 2.91. The van der Waals surface area contributed by atoms with Gasteiger partial charge in [-0.05, 0) is 26.0 Å². The number of carbonyl (C=O) groups excluding carboxylic acids is 1. The first-order chi connectivity index (χ1) is 6.50. The van der Waals surface area contributed by atoms with Crippen LogP contribution in [0.2, 0.25) is 0 Å². The van der Waals surface area contributed by atoms with E-state index in [0.717, 1.165) is 5.69 Å². The van der Waals surface area contributed by atoms with E-state index in [0.29, 0.717) is 11.5 Å². The van der Waals surface area contributed by atoms with Crippen LogP contribution in [-0.2, 0) is 4.79 Å². The zero-order chi connectivity index (χ0) is 10.7. The Balaban J connectivity index is 2.85. The molecule has 0 radical (unpaired) electrons. The molecule has 5 nitrogen and oxygen atoms in total. The number of pyridine rings is 1. The molecule has 1 aromatic rings. The number of nitrogens with one attached hydrogen (secondary N) is 1. The molecule has 1 rings (SSSR count). The molecule has 0 aliphatic carbocycles. The average Bonchev–Trinajstić information content (AvgIpc) is 2.11. The molecule has 0 aliphatic heterocycles. The van der Waals surface area contributed by atoms with Crippen LogP contribution in [0.3, 0.4) is 0 Å². The lowest BCUT2D eigenvalue weighted by atomic mass is 10.3. The van der Waals surface area contributed by atoms with Crippen LogP contribution in [0.25, 0.3) is 0 Å². The van der Waals surface area contributed by atoms with E-state index in [1.165, 1.54) is 0 Å². The number of amides is 1. The highest BCUT2D eigenvalue weighted by Gasteiger charge is 2.10. The summed E-state index contributed by atoms with van der Waals surface area (Å²) < 4.78 is 0. The molecular formula is C9H14N4O. The van der Waals surface area contributed by atoms with Crippen molar-refractivity contribution < 1.29 is 4.79 Å². The van der Waals surface area contributed by atoms with Crippen LogP contribution >= 0.6 is 0 Å². The molecule has 1 amide bonds. The van der Waals surface area contributed by atoms with Gasteiger partial charge in [-0.1, -0.05) is 0 Å². The number of hydrogen-bond acceptors (Lipinski definition) is 4. The third-order valence-electron chi connectivity index (χ3n) is 1.85. The summed E-state index contributed by atoms with van der Waals surface area (Å²) in [6, 6.07) is 3.06. The third kappa shape index (κ3) is 2.35. The van der Waals surface area contributed by atoms with Gasteiger partial charge in [0.25, 0.3) is 0 Å². The molecule has 0 spiro atoms. The summed E-state index contributed by atoms with van der Waals surface area (Å²) >= 11 is 0. The Morgan fingerprint density at radius 2 is 2.21 bits per heavy atom. The van der Waals surface area contributed by atoms with Crippen LogP contribution in [-0.4, -0.2) is 16.9 Å². The minimum absolute atomic E-state index is 0.437. The molecule has 0 aromatic carbocycles. The highest BCUT2D eigenvalue weighted by molar-refractivity contribution is 5.83. The first kappa shape index (κ1) is 10.3. The number of primary amides is 1. The smallest absolute Gasteiger partial charge is 0.239 e. The number of nitrogens with two attached hydrogens (primary N) is 2. The molecule has 1 heterocycles. The lowest BCUT2D eigenvalue weighted by molar-refractivity contribution is -0.118. The molecule has 14 heavy (non-hydrogen) atoms. The monoisotopic (exact) mass is 194 g/mol. The van der Waals surface area contributed by atoms with Crippen LogP contribution in [0.4, 0.5) is 11.5 Å². The molecule has 5 heteroatoms. The summed E-state index contributed by atoms with van der Waals surface area (Å²) in [5.41, 5.74) is 12.1. The lowest BCUT2D eigenvalue weighted by Gasteiger charge is -2.12. The van der Waals surface area contributed by atoms with Gasteiger partial charge in [-0.25, -0.2) is 4.98 Å². The van der Waals surface area contributed by atoms with Crippen LogP contribution in [0, 0.1) is 6.92 Å². The largest absolute Gasteiger partial charge is 0.396 e. The zero-order valence-corrected chi connectivity index (χ0v) is 8.24. The Hall–Kier alpha value is -1.78. The number of hydrogen-bond donors (Lipinski definition) is 3. The molecule has 1 unspecified atom stereocenters. The van der Waals surface area contributed by atoms with Crippen molar-refractivity contribution in [3.63, 3.8) is 0 Å². The molecule has 0 saturated carbocycles. The van der Waals surface area contributed by atoms with E-state index in [2.05, 4.69) is 10.3 Å². The van der Waals surface area contributed by atoms with Gasteiger partial charge >= 0.3 is 0 Å².